The Kier molecular flexibility index (Phi) is 15.4. The van der Waals surface area contributed by atoms with E-state index in [4.69, 9.17) is 14.2 Å². The first-order valence-corrected chi connectivity index (χ1v) is 16.7. The van der Waals surface area contributed by atoms with Gasteiger partial charge in [0.05, 0.1) is 36.4 Å². The molecule has 264 valence electrons. The molecule has 2 aliphatic rings. The number of hydrogen-bond donors (Lipinski definition) is 4. The fourth-order valence-electron chi connectivity index (χ4n) is 5.68. The Hall–Kier alpha value is -2.28. The van der Waals surface area contributed by atoms with Crippen molar-refractivity contribution < 1.29 is 44.2 Å². The van der Waals surface area contributed by atoms with E-state index in [9.17, 15) is 30.0 Å². The summed E-state index contributed by atoms with van der Waals surface area (Å²) < 4.78 is 17.4. The summed E-state index contributed by atoms with van der Waals surface area (Å²) in [4.78, 5) is 29.5. The van der Waals surface area contributed by atoms with Crippen LogP contribution in [0.25, 0.3) is 0 Å². The van der Waals surface area contributed by atoms with Crippen molar-refractivity contribution in [2.24, 2.45) is 11.8 Å². The van der Waals surface area contributed by atoms with Crippen molar-refractivity contribution in [2.45, 2.75) is 128 Å². The Bertz CT molecular complexity index is 1070. The lowest BCUT2D eigenvalue weighted by atomic mass is 9.88. The van der Waals surface area contributed by atoms with Gasteiger partial charge in [0.25, 0.3) is 0 Å². The van der Waals surface area contributed by atoms with Crippen molar-refractivity contribution in [2.75, 3.05) is 33.7 Å². The minimum atomic E-state index is -1.50. The van der Waals surface area contributed by atoms with E-state index in [-0.39, 0.29) is 43.3 Å². The highest BCUT2D eigenvalue weighted by Crippen LogP contribution is 2.37. The van der Waals surface area contributed by atoms with Crippen LogP contribution in [0.2, 0.25) is 0 Å². The standard InChI is InChI=1S/C35H60N2O9/c1-10-27(39)25(5)32-28(44-32)22-34(6,42)17-12-13-23(3)31-24(4)14-15-29(45-33(41)37(11-2)20-19-36(8)9)35(7,43)18-16-26(38)21-30(40)46-31/h12-15,17,24-29,31-32,38-39,42-43H,10-11,16,18-22H2,1-9H3. The SMILES string of the molecule is CCC(O)C(C)C1OC1CC(C)(O)C=CC=C(C)C1OC(=O)CC(O)CCC(C)(O)C(OC(=O)N(CC)CCN(C)C)C=CC1C. The molecule has 0 aromatic carbocycles. The Morgan fingerprint density at radius 1 is 1.26 bits per heavy atom. The molecule has 10 unspecified atom stereocenters. The summed E-state index contributed by atoms with van der Waals surface area (Å²) >= 11 is 0. The molecule has 11 heteroatoms. The van der Waals surface area contributed by atoms with Crippen LogP contribution >= 0.6 is 0 Å². The van der Waals surface area contributed by atoms with Crippen LogP contribution in [-0.4, -0.2) is 124 Å². The van der Waals surface area contributed by atoms with Crippen molar-refractivity contribution in [3.63, 3.8) is 0 Å². The second-order valence-corrected chi connectivity index (χ2v) is 13.9. The molecule has 2 rings (SSSR count). The Labute approximate surface area is 275 Å². The van der Waals surface area contributed by atoms with Crippen molar-refractivity contribution in [1.82, 2.24) is 9.80 Å². The van der Waals surface area contributed by atoms with Gasteiger partial charge in [-0.3, -0.25) is 4.79 Å². The fraction of sp³-hybridized carbons (Fsp3) is 0.771. The molecule has 0 saturated carbocycles. The molecule has 2 aliphatic heterocycles. The van der Waals surface area contributed by atoms with Crippen LogP contribution in [0.4, 0.5) is 4.79 Å². The zero-order valence-corrected chi connectivity index (χ0v) is 29.4. The maximum absolute atomic E-state index is 13.1. The Balaban J connectivity index is 2.24. The normalized spacial score (nSPS) is 32.2. The monoisotopic (exact) mass is 652 g/mol. The lowest BCUT2D eigenvalue weighted by molar-refractivity contribution is -0.151. The maximum Gasteiger partial charge on any atom is 0.410 e. The number of ether oxygens (including phenoxy) is 3. The van der Waals surface area contributed by atoms with Gasteiger partial charge in [-0.25, -0.2) is 4.79 Å². The van der Waals surface area contributed by atoms with Crippen molar-refractivity contribution in [3.05, 3.63) is 36.0 Å². The first-order chi connectivity index (χ1) is 21.4. The molecule has 10 atom stereocenters. The lowest BCUT2D eigenvalue weighted by Gasteiger charge is -2.34. The van der Waals surface area contributed by atoms with Gasteiger partial charge in [-0.05, 0) is 72.7 Å². The molecule has 0 bridgehead atoms. The molecule has 1 saturated heterocycles. The largest absolute Gasteiger partial charge is 0.457 e. The van der Waals surface area contributed by atoms with Crippen LogP contribution in [0.3, 0.4) is 0 Å². The molecule has 0 aromatic heterocycles. The van der Waals surface area contributed by atoms with E-state index in [1.807, 2.05) is 53.6 Å². The third kappa shape index (κ3) is 12.7. The van der Waals surface area contributed by atoms with E-state index in [2.05, 4.69) is 0 Å². The third-order valence-electron chi connectivity index (χ3n) is 9.05. The van der Waals surface area contributed by atoms with Gasteiger partial charge >= 0.3 is 12.1 Å². The van der Waals surface area contributed by atoms with Crippen LogP contribution < -0.4 is 0 Å². The summed E-state index contributed by atoms with van der Waals surface area (Å²) in [5, 5.41) is 43.1. The van der Waals surface area contributed by atoms with Gasteiger partial charge in [-0.2, -0.15) is 0 Å². The van der Waals surface area contributed by atoms with Gasteiger partial charge in [-0.1, -0.05) is 45.1 Å². The van der Waals surface area contributed by atoms with Crippen molar-refractivity contribution >= 4 is 12.1 Å². The number of allylic oxidation sites excluding steroid dienone is 2. The van der Waals surface area contributed by atoms with Crippen molar-refractivity contribution in [1.29, 1.82) is 0 Å². The average Bonchev–Trinajstić information content (AvgIpc) is 3.73. The topological polar surface area (TPSA) is 153 Å². The number of rotatable bonds is 13. The number of nitrogens with zero attached hydrogens (tertiary/aromatic N) is 2. The Morgan fingerprint density at radius 2 is 1.93 bits per heavy atom. The van der Waals surface area contributed by atoms with Gasteiger partial charge in [0.2, 0.25) is 0 Å². The van der Waals surface area contributed by atoms with Gasteiger partial charge in [0.1, 0.15) is 11.7 Å². The minimum Gasteiger partial charge on any atom is -0.457 e. The third-order valence-corrected chi connectivity index (χ3v) is 9.05. The highest BCUT2D eigenvalue weighted by atomic mass is 16.6. The van der Waals surface area contributed by atoms with Gasteiger partial charge in [0, 0.05) is 37.9 Å². The molecule has 0 radical (unpaired) electrons. The number of hydrogen-bond acceptors (Lipinski definition) is 10. The second-order valence-electron chi connectivity index (χ2n) is 13.9. The van der Waals surface area contributed by atoms with Crippen LogP contribution in [-0.2, 0) is 19.0 Å². The first-order valence-electron chi connectivity index (χ1n) is 16.7. The summed E-state index contributed by atoms with van der Waals surface area (Å²) in [7, 11) is 3.84. The van der Waals surface area contributed by atoms with Crippen LogP contribution in [0.1, 0.15) is 80.6 Å². The number of cyclic esters (lactones) is 1. The predicted octanol–water partition coefficient (Wildman–Crippen LogP) is 3.59. The summed E-state index contributed by atoms with van der Waals surface area (Å²) in [6.45, 7) is 14.2. The quantitative estimate of drug-likeness (QED) is 0.101. The van der Waals surface area contributed by atoms with Gasteiger partial charge in [-0.15, -0.1) is 0 Å². The first kappa shape index (κ1) is 39.9. The smallest absolute Gasteiger partial charge is 0.410 e. The summed E-state index contributed by atoms with van der Waals surface area (Å²) in [5.41, 5.74) is -1.96. The van der Waals surface area contributed by atoms with E-state index in [1.54, 1.807) is 49.1 Å². The number of esters is 1. The molecule has 1 amide bonds. The summed E-state index contributed by atoms with van der Waals surface area (Å²) in [6.07, 6.45) is 5.56. The van der Waals surface area contributed by atoms with E-state index >= 15 is 0 Å². The maximum atomic E-state index is 13.1. The van der Waals surface area contributed by atoms with Crippen LogP contribution in [0.5, 0.6) is 0 Å². The molecule has 4 N–H and O–H groups in total. The molecule has 1 fully saturated rings. The molecule has 2 heterocycles. The molecular formula is C35H60N2O9. The molecule has 0 spiro atoms. The van der Waals surface area contributed by atoms with E-state index in [0.29, 0.717) is 38.0 Å². The molecule has 0 aromatic rings. The molecule has 0 aliphatic carbocycles. The number of carbonyl (C=O) groups is 2. The summed E-state index contributed by atoms with van der Waals surface area (Å²) in [6, 6.07) is 0. The number of aliphatic hydroxyl groups excluding tert-OH is 2. The van der Waals surface area contributed by atoms with Gasteiger partial charge < -0.3 is 44.4 Å². The second kappa shape index (κ2) is 17.8. The minimum absolute atomic E-state index is 0.0127. The Morgan fingerprint density at radius 3 is 2.54 bits per heavy atom. The summed E-state index contributed by atoms with van der Waals surface area (Å²) in [5.74, 6) is -0.962. The number of carbonyl (C=O) groups excluding carboxylic acids is 2. The van der Waals surface area contributed by atoms with Crippen LogP contribution in [0, 0.1) is 11.8 Å². The molecular weight excluding hydrogens is 592 g/mol. The zero-order chi connectivity index (χ0) is 34.8. The van der Waals surface area contributed by atoms with Crippen LogP contribution in [0.15, 0.2) is 36.0 Å². The van der Waals surface area contributed by atoms with E-state index in [1.165, 1.54) is 0 Å². The number of aliphatic hydroxyl groups is 4. The number of amides is 1. The molecule has 11 nitrogen and oxygen atoms in total. The van der Waals surface area contributed by atoms with E-state index < -0.39 is 47.7 Å². The van der Waals surface area contributed by atoms with Crippen molar-refractivity contribution in [3.8, 4) is 0 Å². The lowest BCUT2D eigenvalue weighted by Crippen LogP contribution is -2.46. The number of epoxide rings is 1. The number of likely N-dealkylation sites (N-methyl/N-ethyl adjacent to an activating group) is 2. The molecule has 46 heavy (non-hydrogen) atoms. The predicted molar refractivity (Wildman–Crippen MR) is 177 cm³/mol. The highest BCUT2D eigenvalue weighted by molar-refractivity contribution is 5.70. The highest BCUT2D eigenvalue weighted by Gasteiger charge is 2.47. The zero-order valence-electron chi connectivity index (χ0n) is 29.4. The van der Waals surface area contributed by atoms with Gasteiger partial charge in [0.15, 0.2) is 6.10 Å². The average molecular weight is 653 g/mol. The van der Waals surface area contributed by atoms with E-state index in [0.717, 1.165) is 0 Å². The fourth-order valence-corrected chi connectivity index (χ4v) is 5.68.